The number of amides is 1. The van der Waals surface area contributed by atoms with E-state index in [1.54, 1.807) is 16.2 Å². The van der Waals surface area contributed by atoms with Crippen molar-refractivity contribution in [1.29, 1.82) is 0 Å². The standard InChI is InChI=1S/C16H25N3O3S2/c1-12-10-23-15(17-12)9-18(2)16(20)13-3-6-19(7-4-13)14-5-8-24(21,22)11-14/h10,13-14H,3-9,11H2,1-2H3. The molecule has 6 nitrogen and oxygen atoms in total. The van der Waals surface area contributed by atoms with Gasteiger partial charge in [0.15, 0.2) is 9.84 Å². The Hall–Kier alpha value is -0.990. The van der Waals surface area contributed by atoms with Crippen LogP contribution in [0.15, 0.2) is 5.38 Å². The van der Waals surface area contributed by atoms with Crippen LogP contribution in [0.4, 0.5) is 0 Å². The summed E-state index contributed by atoms with van der Waals surface area (Å²) < 4.78 is 23.3. The maximum Gasteiger partial charge on any atom is 0.225 e. The molecule has 2 aliphatic heterocycles. The molecule has 0 radical (unpaired) electrons. The molecular formula is C16H25N3O3S2. The zero-order chi connectivity index (χ0) is 17.3. The fraction of sp³-hybridized carbons (Fsp3) is 0.750. The largest absolute Gasteiger partial charge is 0.339 e. The smallest absolute Gasteiger partial charge is 0.225 e. The van der Waals surface area contributed by atoms with E-state index in [0.717, 1.165) is 43.1 Å². The molecule has 1 atom stereocenters. The van der Waals surface area contributed by atoms with Gasteiger partial charge in [-0.1, -0.05) is 0 Å². The first kappa shape index (κ1) is 17.8. The molecule has 3 heterocycles. The van der Waals surface area contributed by atoms with E-state index in [2.05, 4.69) is 9.88 Å². The van der Waals surface area contributed by atoms with E-state index in [-0.39, 0.29) is 23.6 Å². The van der Waals surface area contributed by atoms with Gasteiger partial charge in [-0.25, -0.2) is 13.4 Å². The minimum Gasteiger partial charge on any atom is -0.339 e. The van der Waals surface area contributed by atoms with Crippen molar-refractivity contribution in [3.63, 3.8) is 0 Å². The van der Waals surface area contributed by atoms with E-state index in [0.29, 0.717) is 12.3 Å². The fourth-order valence-electron chi connectivity index (χ4n) is 3.64. The van der Waals surface area contributed by atoms with Gasteiger partial charge in [0.25, 0.3) is 0 Å². The number of rotatable bonds is 4. The maximum atomic E-state index is 12.6. The summed E-state index contributed by atoms with van der Waals surface area (Å²) in [7, 11) is -1.00. The molecule has 1 unspecified atom stereocenters. The Labute approximate surface area is 147 Å². The van der Waals surface area contributed by atoms with Crippen molar-refractivity contribution in [2.45, 2.75) is 38.8 Å². The minimum absolute atomic E-state index is 0.0466. The number of aryl methyl sites for hydroxylation is 1. The Balaban J connectivity index is 1.49. The second-order valence-corrected chi connectivity index (χ2v) is 10.1. The van der Waals surface area contributed by atoms with Crippen molar-refractivity contribution in [2.24, 2.45) is 5.92 Å². The Morgan fingerprint density at radius 1 is 1.38 bits per heavy atom. The lowest BCUT2D eigenvalue weighted by Crippen LogP contribution is -2.45. The van der Waals surface area contributed by atoms with Crippen LogP contribution in [0.5, 0.6) is 0 Å². The summed E-state index contributed by atoms with van der Waals surface area (Å²) in [6.07, 6.45) is 2.37. The number of aromatic nitrogens is 1. The van der Waals surface area contributed by atoms with Gasteiger partial charge in [-0.3, -0.25) is 9.69 Å². The van der Waals surface area contributed by atoms with Crippen molar-refractivity contribution in [3.05, 3.63) is 16.1 Å². The Morgan fingerprint density at radius 3 is 2.62 bits per heavy atom. The lowest BCUT2D eigenvalue weighted by molar-refractivity contribution is -0.136. The van der Waals surface area contributed by atoms with Crippen LogP contribution >= 0.6 is 11.3 Å². The normalized spacial score (nSPS) is 25.0. The number of likely N-dealkylation sites (tertiary alicyclic amines) is 1. The van der Waals surface area contributed by atoms with Gasteiger partial charge >= 0.3 is 0 Å². The van der Waals surface area contributed by atoms with Gasteiger partial charge in [0.1, 0.15) is 5.01 Å². The predicted octanol–water partition coefficient (Wildman–Crippen LogP) is 1.31. The van der Waals surface area contributed by atoms with E-state index in [1.165, 1.54) is 0 Å². The van der Waals surface area contributed by atoms with Crippen molar-refractivity contribution >= 4 is 27.1 Å². The van der Waals surface area contributed by atoms with Crippen LogP contribution < -0.4 is 0 Å². The lowest BCUT2D eigenvalue weighted by atomic mass is 9.94. The molecule has 2 aliphatic rings. The highest BCUT2D eigenvalue weighted by atomic mass is 32.2. The summed E-state index contributed by atoms with van der Waals surface area (Å²) in [6.45, 7) is 4.17. The van der Waals surface area contributed by atoms with Crippen LogP contribution in [0.3, 0.4) is 0 Å². The minimum atomic E-state index is -2.84. The van der Waals surface area contributed by atoms with Crippen molar-refractivity contribution in [3.8, 4) is 0 Å². The molecule has 0 aliphatic carbocycles. The topological polar surface area (TPSA) is 70.6 Å². The number of sulfone groups is 1. The molecular weight excluding hydrogens is 346 g/mol. The molecule has 8 heteroatoms. The molecule has 0 saturated carbocycles. The average Bonchev–Trinajstić information content (AvgIpc) is 3.12. The second-order valence-electron chi connectivity index (χ2n) is 6.94. The summed E-state index contributed by atoms with van der Waals surface area (Å²) >= 11 is 1.59. The molecule has 1 aromatic heterocycles. The molecule has 2 saturated heterocycles. The monoisotopic (exact) mass is 371 g/mol. The highest BCUT2D eigenvalue weighted by Gasteiger charge is 2.35. The molecule has 3 rings (SSSR count). The molecule has 0 aromatic carbocycles. The SMILES string of the molecule is Cc1csc(CN(C)C(=O)C2CCN(C3CCS(=O)(=O)C3)CC2)n1. The maximum absolute atomic E-state index is 12.6. The highest BCUT2D eigenvalue weighted by molar-refractivity contribution is 7.91. The molecule has 0 spiro atoms. The number of nitrogens with zero attached hydrogens (tertiary/aromatic N) is 3. The number of piperidine rings is 1. The molecule has 2 fully saturated rings. The van der Waals surface area contributed by atoms with Gasteiger partial charge in [0, 0.05) is 30.1 Å². The van der Waals surface area contributed by atoms with Gasteiger partial charge < -0.3 is 4.90 Å². The molecule has 0 N–H and O–H groups in total. The third-order valence-electron chi connectivity index (χ3n) is 5.02. The summed E-state index contributed by atoms with van der Waals surface area (Å²) in [5.74, 6) is 0.827. The van der Waals surface area contributed by atoms with E-state index in [9.17, 15) is 13.2 Å². The Morgan fingerprint density at radius 2 is 2.08 bits per heavy atom. The van der Waals surface area contributed by atoms with E-state index >= 15 is 0 Å². The molecule has 24 heavy (non-hydrogen) atoms. The molecule has 134 valence electrons. The van der Waals surface area contributed by atoms with Crippen LogP contribution in [0, 0.1) is 12.8 Å². The van der Waals surface area contributed by atoms with Crippen molar-refractivity contribution in [1.82, 2.24) is 14.8 Å². The number of thiazole rings is 1. The van der Waals surface area contributed by atoms with Gasteiger partial charge in [-0.2, -0.15) is 0 Å². The van der Waals surface area contributed by atoms with E-state index < -0.39 is 9.84 Å². The number of carbonyl (C=O) groups is 1. The van der Waals surface area contributed by atoms with Crippen LogP contribution in [0.2, 0.25) is 0 Å². The third-order valence-corrected chi connectivity index (χ3v) is 7.72. The summed E-state index contributed by atoms with van der Waals surface area (Å²) in [6, 6.07) is 0.155. The first-order valence-electron chi connectivity index (χ1n) is 8.44. The average molecular weight is 372 g/mol. The Kier molecular flexibility index (Phi) is 5.27. The van der Waals surface area contributed by atoms with Crippen molar-refractivity contribution in [2.75, 3.05) is 31.6 Å². The summed E-state index contributed by atoms with van der Waals surface area (Å²) in [4.78, 5) is 21.1. The zero-order valence-electron chi connectivity index (χ0n) is 14.3. The predicted molar refractivity (Wildman–Crippen MR) is 94.7 cm³/mol. The molecule has 1 aromatic rings. The van der Waals surface area contributed by atoms with Crippen LogP contribution in [0.1, 0.15) is 30.0 Å². The van der Waals surface area contributed by atoms with E-state index in [1.807, 2.05) is 19.4 Å². The van der Waals surface area contributed by atoms with Crippen molar-refractivity contribution < 1.29 is 13.2 Å². The Bertz CT molecular complexity index is 693. The van der Waals surface area contributed by atoms with Crippen LogP contribution in [0.25, 0.3) is 0 Å². The fourth-order valence-corrected chi connectivity index (χ4v) is 6.23. The number of carbonyl (C=O) groups excluding carboxylic acids is 1. The lowest BCUT2D eigenvalue weighted by Gasteiger charge is -2.36. The second kappa shape index (κ2) is 7.09. The van der Waals surface area contributed by atoms with Gasteiger partial charge in [0.05, 0.1) is 18.1 Å². The number of hydrogen-bond donors (Lipinski definition) is 0. The van der Waals surface area contributed by atoms with Crippen LogP contribution in [-0.2, 0) is 21.2 Å². The molecule has 1 amide bonds. The third kappa shape index (κ3) is 4.15. The van der Waals surface area contributed by atoms with E-state index in [4.69, 9.17) is 0 Å². The quantitative estimate of drug-likeness (QED) is 0.798. The first-order valence-corrected chi connectivity index (χ1v) is 11.1. The summed E-state index contributed by atoms with van der Waals surface area (Å²) in [5.41, 5.74) is 0.996. The number of hydrogen-bond acceptors (Lipinski definition) is 6. The molecule has 0 bridgehead atoms. The van der Waals surface area contributed by atoms with Gasteiger partial charge in [-0.05, 0) is 39.3 Å². The summed E-state index contributed by atoms with van der Waals surface area (Å²) in [5, 5.41) is 2.97. The zero-order valence-corrected chi connectivity index (χ0v) is 15.9. The highest BCUT2D eigenvalue weighted by Crippen LogP contribution is 2.26. The first-order chi connectivity index (χ1) is 11.3. The van der Waals surface area contributed by atoms with Gasteiger partial charge in [0.2, 0.25) is 5.91 Å². The van der Waals surface area contributed by atoms with Crippen LogP contribution in [-0.4, -0.2) is 66.8 Å². The van der Waals surface area contributed by atoms with Gasteiger partial charge in [-0.15, -0.1) is 11.3 Å².